The highest BCUT2D eigenvalue weighted by molar-refractivity contribution is 7.92. The Morgan fingerprint density at radius 1 is 1.05 bits per heavy atom. The number of carboxylic acid groups (broad SMARTS) is 1. The molecule has 2 rings (SSSR count). The smallest absolute Gasteiger partial charge is 0.336 e. The fraction of sp³-hybridized carbons (Fsp3) is 0.133. The van der Waals surface area contributed by atoms with E-state index >= 15 is 0 Å². The van der Waals surface area contributed by atoms with E-state index in [0.29, 0.717) is 5.56 Å². The van der Waals surface area contributed by atoms with E-state index in [-0.39, 0.29) is 16.1 Å². The van der Waals surface area contributed by atoms with Crippen molar-refractivity contribution < 1.29 is 18.3 Å². The number of aryl methyl sites for hydroxylation is 2. The van der Waals surface area contributed by atoms with E-state index < -0.39 is 16.0 Å². The lowest BCUT2D eigenvalue weighted by Gasteiger charge is -2.10. The lowest BCUT2D eigenvalue weighted by molar-refractivity contribution is 0.0696. The van der Waals surface area contributed by atoms with Crippen molar-refractivity contribution in [2.24, 2.45) is 0 Å². The summed E-state index contributed by atoms with van der Waals surface area (Å²) in [5, 5.41) is 9.06. The molecule has 0 spiro atoms. The standard InChI is InChI=1S/C15H15NO4S/c1-10-3-7-13(8-4-10)21(19,20)16-12-6-5-11(2)14(9-12)15(17)18/h3-9,16H,1-2H3,(H,17,18). The van der Waals surface area contributed by atoms with Crippen molar-refractivity contribution in [3.63, 3.8) is 0 Å². The van der Waals surface area contributed by atoms with Crippen LogP contribution in [-0.4, -0.2) is 19.5 Å². The van der Waals surface area contributed by atoms with Gasteiger partial charge in [0, 0.05) is 5.69 Å². The number of rotatable bonds is 4. The summed E-state index contributed by atoms with van der Waals surface area (Å²) in [6, 6.07) is 10.8. The molecule has 110 valence electrons. The molecule has 2 aromatic rings. The van der Waals surface area contributed by atoms with Gasteiger partial charge in [-0.3, -0.25) is 4.72 Å². The maximum Gasteiger partial charge on any atom is 0.336 e. The number of nitrogens with one attached hydrogen (secondary N) is 1. The minimum absolute atomic E-state index is 0.0686. The van der Waals surface area contributed by atoms with Crippen LogP contribution >= 0.6 is 0 Å². The van der Waals surface area contributed by atoms with Gasteiger partial charge in [0.15, 0.2) is 0 Å². The summed E-state index contributed by atoms with van der Waals surface area (Å²) >= 11 is 0. The Labute approximate surface area is 123 Å². The zero-order valence-corrected chi connectivity index (χ0v) is 12.4. The van der Waals surface area contributed by atoms with Gasteiger partial charge in [-0.2, -0.15) is 0 Å². The summed E-state index contributed by atoms with van der Waals surface area (Å²) in [4.78, 5) is 11.2. The fourth-order valence-corrected chi connectivity index (χ4v) is 2.90. The third-order valence-corrected chi connectivity index (χ3v) is 4.45. The van der Waals surface area contributed by atoms with Gasteiger partial charge >= 0.3 is 5.97 Å². The molecule has 0 heterocycles. The second kappa shape index (κ2) is 5.57. The molecular formula is C15H15NO4S. The van der Waals surface area contributed by atoms with Crippen molar-refractivity contribution in [3.05, 3.63) is 59.2 Å². The second-order valence-electron chi connectivity index (χ2n) is 4.75. The topological polar surface area (TPSA) is 83.5 Å². The van der Waals surface area contributed by atoms with E-state index in [1.54, 1.807) is 25.1 Å². The van der Waals surface area contributed by atoms with Crippen LogP contribution in [0.2, 0.25) is 0 Å². The van der Waals surface area contributed by atoms with E-state index in [2.05, 4.69) is 4.72 Å². The van der Waals surface area contributed by atoms with E-state index in [0.717, 1.165) is 5.56 Å². The number of carboxylic acids is 1. The van der Waals surface area contributed by atoms with Crippen LogP contribution in [0, 0.1) is 13.8 Å². The molecule has 0 saturated carbocycles. The second-order valence-corrected chi connectivity index (χ2v) is 6.44. The van der Waals surface area contributed by atoms with Gasteiger partial charge in [-0.25, -0.2) is 13.2 Å². The average molecular weight is 305 g/mol. The average Bonchev–Trinajstić information content (AvgIpc) is 2.41. The molecule has 0 aliphatic rings. The highest BCUT2D eigenvalue weighted by Crippen LogP contribution is 2.19. The highest BCUT2D eigenvalue weighted by atomic mass is 32.2. The summed E-state index contributed by atoms with van der Waals surface area (Å²) in [6.45, 7) is 3.52. The van der Waals surface area contributed by atoms with E-state index in [1.807, 2.05) is 6.92 Å². The zero-order chi connectivity index (χ0) is 15.6. The molecule has 0 fully saturated rings. The predicted octanol–water partition coefficient (Wildman–Crippen LogP) is 2.80. The number of carbonyl (C=O) groups is 1. The molecule has 6 heteroatoms. The van der Waals surface area contributed by atoms with Gasteiger partial charge in [0.2, 0.25) is 0 Å². The number of benzene rings is 2. The number of hydrogen-bond donors (Lipinski definition) is 2. The molecule has 0 bridgehead atoms. The maximum atomic E-state index is 12.2. The monoisotopic (exact) mass is 305 g/mol. The predicted molar refractivity (Wildman–Crippen MR) is 80.1 cm³/mol. The first kappa shape index (κ1) is 15.1. The number of anilines is 1. The largest absolute Gasteiger partial charge is 0.478 e. The molecule has 0 atom stereocenters. The van der Waals surface area contributed by atoms with Crippen molar-refractivity contribution in [2.45, 2.75) is 18.7 Å². The van der Waals surface area contributed by atoms with Gasteiger partial charge in [-0.05, 0) is 43.7 Å². The molecule has 0 radical (unpaired) electrons. The molecule has 0 aliphatic heterocycles. The van der Waals surface area contributed by atoms with Crippen LogP contribution in [0.5, 0.6) is 0 Å². The highest BCUT2D eigenvalue weighted by Gasteiger charge is 2.15. The van der Waals surface area contributed by atoms with Crippen LogP contribution < -0.4 is 4.72 Å². The Morgan fingerprint density at radius 3 is 2.24 bits per heavy atom. The Bertz CT molecular complexity index is 780. The lowest BCUT2D eigenvalue weighted by Crippen LogP contribution is -2.13. The van der Waals surface area contributed by atoms with Crippen molar-refractivity contribution in [1.29, 1.82) is 0 Å². The van der Waals surface area contributed by atoms with Crippen LogP contribution in [0.3, 0.4) is 0 Å². The van der Waals surface area contributed by atoms with E-state index in [4.69, 9.17) is 5.11 Å². The minimum Gasteiger partial charge on any atom is -0.478 e. The van der Waals surface area contributed by atoms with Crippen LogP contribution in [0.25, 0.3) is 0 Å². The summed E-state index contributed by atoms with van der Waals surface area (Å²) < 4.78 is 26.8. The summed E-state index contributed by atoms with van der Waals surface area (Å²) in [5.74, 6) is -1.09. The quantitative estimate of drug-likeness (QED) is 0.909. The summed E-state index contributed by atoms with van der Waals surface area (Å²) in [6.07, 6.45) is 0. The van der Waals surface area contributed by atoms with Crippen molar-refractivity contribution in [1.82, 2.24) is 0 Å². The molecule has 2 N–H and O–H groups in total. The van der Waals surface area contributed by atoms with Crippen LogP contribution in [0.15, 0.2) is 47.4 Å². The Morgan fingerprint density at radius 2 is 1.67 bits per heavy atom. The lowest BCUT2D eigenvalue weighted by atomic mass is 10.1. The van der Waals surface area contributed by atoms with Gasteiger partial charge in [-0.15, -0.1) is 0 Å². The molecule has 2 aromatic carbocycles. The van der Waals surface area contributed by atoms with E-state index in [9.17, 15) is 13.2 Å². The molecule has 0 unspecified atom stereocenters. The minimum atomic E-state index is -3.73. The molecule has 21 heavy (non-hydrogen) atoms. The van der Waals surface area contributed by atoms with Gasteiger partial charge in [-0.1, -0.05) is 23.8 Å². The van der Waals surface area contributed by atoms with Crippen molar-refractivity contribution in [2.75, 3.05) is 4.72 Å². The fourth-order valence-electron chi connectivity index (χ4n) is 1.85. The van der Waals surface area contributed by atoms with Crippen molar-refractivity contribution in [3.8, 4) is 0 Å². The molecule has 0 amide bonds. The SMILES string of the molecule is Cc1ccc(S(=O)(=O)Nc2ccc(C)c(C(=O)O)c2)cc1. The Balaban J connectivity index is 2.35. The molecule has 0 saturated heterocycles. The molecule has 0 aromatic heterocycles. The first-order valence-electron chi connectivity index (χ1n) is 6.23. The first-order chi connectivity index (χ1) is 9.79. The van der Waals surface area contributed by atoms with Gasteiger partial charge in [0.05, 0.1) is 10.5 Å². The van der Waals surface area contributed by atoms with Crippen LogP contribution in [-0.2, 0) is 10.0 Å². The Kier molecular flexibility index (Phi) is 3.99. The number of aromatic carboxylic acids is 1. The molecule has 5 nitrogen and oxygen atoms in total. The normalized spacial score (nSPS) is 11.1. The Hall–Kier alpha value is -2.34. The third kappa shape index (κ3) is 3.41. The van der Waals surface area contributed by atoms with Gasteiger partial charge in [0.1, 0.15) is 0 Å². The number of sulfonamides is 1. The van der Waals surface area contributed by atoms with Crippen LogP contribution in [0.1, 0.15) is 21.5 Å². The van der Waals surface area contributed by atoms with Gasteiger partial charge < -0.3 is 5.11 Å². The van der Waals surface area contributed by atoms with Crippen molar-refractivity contribution >= 4 is 21.7 Å². The van der Waals surface area contributed by atoms with Crippen LogP contribution in [0.4, 0.5) is 5.69 Å². The third-order valence-electron chi connectivity index (χ3n) is 3.05. The maximum absolute atomic E-state index is 12.2. The van der Waals surface area contributed by atoms with Gasteiger partial charge in [0.25, 0.3) is 10.0 Å². The first-order valence-corrected chi connectivity index (χ1v) is 7.71. The molecular weight excluding hydrogens is 290 g/mol. The summed E-state index contributed by atoms with van der Waals surface area (Å²) in [5.41, 5.74) is 1.82. The summed E-state index contributed by atoms with van der Waals surface area (Å²) in [7, 11) is -3.73. The number of hydrogen-bond acceptors (Lipinski definition) is 3. The van der Waals surface area contributed by atoms with E-state index in [1.165, 1.54) is 24.3 Å². The zero-order valence-electron chi connectivity index (χ0n) is 11.6. The molecule has 0 aliphatic carbocycles.